The minimum Gasteiger partial charge on any atom is -0.493 e. The number of amides is 1. The van der Waals surface area contributed by atoms with Crippen molar-refractivity contribution in [2.24, 2.45) is 0 Å². The van der Waals surface area contributed by atoms with Crippen LogP contribution >= 0.6 is 11.8 Å². The van der Waals surface area contributed by atoms with E-state index in [9.17, 15) is 9.59 Å². The van der Waals surface area contributed by atoms with Crippen molar-refractivity contribution in [2.45, 2.75) is 18.2 Å². The second-order valence-corrected chi connectivity index (χ2v) is 8.06. The van der Waals surface area contributed by atoms with Crippen molar-refractivity contribution < 1.29 is 19.0 Å². The van der Waals surface area contributed by atoms with Gasteiger partial charge in [-0.2, -0.15) is 0 Å². The summed E-state index contributed by atoms with van der Waals surface area (Å²) in [5.74, 6) is 1.47. The summed E-state index contributed by atoms with van der Waals surface area (Å²) in [6.45, 7) is 5.22. The fourth-order valence-corrected chi connectivity index (χ4v) is 4.42. The number of nitrogens with one attached hydrogen (secondary N) is 1. The molecule has 0 fully saturated rings. The van der Waals surface area contributed by atoms with E-state index in [0.717, 1.165) is 5.56 Å². The Bertz CT molecular complexity index is 1260. The number of aromatic nitrogens is 3. The second-order valence-electron chi connectivity index (χ2n) is 7.05. The van der Waals surface area contributed by atoms with Crippen LogP contribution in [0.5, 0.6) is 11.5 Å². The molecule has 0 bridgehead atoms. The van der Waals surface area contributed by atoms with Gasteiger partial charge >= 0.3 is 11.3 Å². The fourth-order valence-electron chi connectivity index (χ4n) is 3.83. The molecule has 1 aliphatic rings. The Morgan fingerprint density at radius 2 is 2.00 bits per heavy atom. The van der Waals surface area contributed by atoms with E-state index in [1.165, 1.54) is 18.7 Å². The highest BCUT2D eigenvalue weighted by Crippen LogP contribution is 2.39. The number of thioether (sulfide) groups is 1. The monoisotopic (exact) mass is 451 g/mol. The zero-order chi connectivity index (χ0) is 22.8. The van der Waals surface area contributed by atoms with Gasteiger partial charge in [-0.05, 0) is 35.0 Å². The minimum absolute atomic E-state index is 0.183. The number of methoxy groups -OCH3 is 2. The van der Waals surface area contributed by atoms with Crippen LogP contribution in [0.1, 0.15) is 18.7 Å². The number of nitrogens with zero attached hydrogens (tertiary/aromatic N) is 3. The molecule has 32 heavy (non-hydrogen) atoms. The first kappa shape index (κ1) is 21.6. The first-order valence-electron chi connectivity index (χ1n) is 9.91. The van der Waals surface area contributed by atoms with Gasteiger partial charge in [-0.25, -0.2) is 4.90 Å². The van der Waals surface area contributed by atoms with Crippen LogP contribution in [0, 0.1) is 0 Å². The number of H-pyrrole nitrogens is 1. The molecule has 0 spiro atoms. The zero-order valence-electron chi connectivity index (χ0n) is 18.0. The molecule has 0 saturated heterocycles. The molecule has 1 unspecified atom stereocenters. The standard InChI is InChI=1S/C23H22N4O4S/c1-5-12-32-23-24-21(29)20-16-8-6-7-9-17(16)26(14(2)28)22(27(20)25-23)15-10-11-18(30-3)19(13-15)31-4/h5-11,13,22H,1,12H2,2-4H3/p+1. The lowest BCUT2D eigenvalue weighted by Gasteiger charge is -2.31. The number of fused-ring (bicyclic) bond motifs is 3. The Balaban J connectivity index is 2.02. The molecule has 2 heterocycles. The summed E-state index contributed by atoms with van der Waals surface area (Å²) in [5, 5.41) is 5.15. The summed E-state index contributed by atoms with van der Waals surface area (Å²) in [6, 6.07) is 12.7. The van der Waals surface area contributed by atoms with Crippen LogP contribution in [-0.4, -0.2) is 36.0 Å². The Labute approximate surface area is 189 Å². The van der Waals surface area contributed by atoms with Crippen LogP contribution in [0.25, 0.3) is 11.3 Å². The summed E-state index contributed by atoms with van der Waals surface area (Å²) in [5.41, 5.74) is 2.08. The molecule has 164 valence electrons. The summed E-state index contributed by atoms with van der Waals surface area (Å²) >= 11 is 1.36. The Kier molecular flexibility index (Phi) is 6.00. The SMILES string of the molecule is C=CCSc1n[n+]2c(c(=O)[nH]1)-c1ccccc1N(C(C)=O)C2c1ccc(OC)c(OC)c1. The van der Waals surface area contributed by atoms with Crippen LogP contribution in [0.2, 0.25) is 0 Å². The lowest BCUT2D eigenvalue weighted by molar-refractivity contribution is -0.763. The van der Waals surface area contributed by atoms with Gasteiger partial charge in [0.25, 0.3) is 6.17 Å². The first-order valence-corrected chi connectivity index (χ1v) is 10.9. The third-order valence-electron chi connectivity index (χ3n) is 5.14. The van der Waals surface area contributed by atoms with Crippen molar-refractivity contribution in [3.05, 3.63) is 71.0 Å². The number of hydrogen-bond acceptors (Lipinski definition) is 6. The lowest BCUT2D eigenvalue weighted by Crippen LogP contribution is -2.60. The number of aromatic amines is 1. The van der Waals surface area contributed by atoms with Gasteiger partial charge in [0.1, 0.15) is 0 Å². The number of rotatable bonds is 6. The van der Waals surface area contributed by atoms with Crippen molar-refractivity contribution in [3.8, 4) is 22.8 Å². The van der Waals surface area contributed by atoms with Crippen LogP contribution < -0.4 is 24.6 Å². The molecule has 9 heteroatoms. The van der Waals surface area contributed by atoms with Gasteiger partial charge in [0.15, 0.2) is 11.5 Å². The fraction of sp³-hybridized carbons (Fsp3) is 0.217. The van der Waals surface area contributed by atoms with Gasteiger partial charge in [-0.15, -0.1) is 6.58 Å². The highest BCUT2D eigenvalue weighted by molar-refractivity contribution is 7.99. The van der Waals surface area contributed by atoms with Crippen LogP contribution in [-0.2, 0) is 4.79 Å². The third kappa shape index (κ3) is 3.64. The molecule has 3 aromatic rings. The molecule has 8 nitrogen and oxygen atoms in total. The molecular weight excluding hydrogens is 428 g/mol. The first-order chi connectivity index (χ1) is 15.5. The van der Waals surface area contributed by atoms with Crippen molar-refractivity contribution in [3.63, 3.8) is 0 Å². The number of para-hydroxylation sites is 1. The number of ether oxygens (including phenoxy) is 2. The normalized spacial score (nSPS) is 14.3. The van der Waals surface area contributed by atoms with Crippen molar-refractivity contribution in [2.75, 3.05) is 24.9 Å². The van der Waals surface area contributed by atoms with Crippen LogP contribution in [0.4, 0.5) is 5.69 Å². The largest absolute Gasteiger partial charge is 0.493 e. The molecule has 4 rings (SSSR count). The number of anilines is 1. The van der Waals surface area contributed by atoms with E-state index in [4.69, 9.17) is 14.6 Å². The molecular formula is C23H23N4O4S+. The van der Waals surface area contributed by atoms with Crippen LogP contribution in [0.3, 0.4) is 0 Å². The summed E-state index contributed by atoms with van der Waals surface area (Å²) in [4.78, 5) is 30.6. The van der Waals surface area contributed by atoms with E-state index in [1.807, 2.05) is 30.3 Å². The quantitative estimate of drug-likeness (QED) is 0.352. The third-order valence-corrected chi connectivity index (χ3v) is 6.00. The van der Waals surface area contributed by atoms with Gasteiger partial charge in [-0.1, -0.05) is 30.0 Å². The van der Waals surface area contributed by atoms with Crippen LogP contribution in [0.15, 0.2) is 65.1 Å². The lowest BCUT2D eigenvalue weighted by atomic mass is 10.0. The predicted molar refractivity (Wildman–Crippen MR) is 122 cm³/mol. The molecule has 0 aliphatic carbocycles. The number of benzene rings is 2. The molecule has 0 saturated carbocycles. The van der Waals surface area contributed by atoms with Crippen molar-refractivity contribution in [1.82, 2.24) is 10.1 Å². The highest BCUT2D eigenvalue weighted by Gasteiger charge is 2.45. The smallest absolute Gasteiger partial charge is 0.325 e. The van der Waals surface area contributed by atoms with E-state index in [2.05, 4.69) is 11.6 Å². The van der Waals surface area contributed by atoms with E-state index < -0.39 is 6.17 Å². The van der Waals surface area contributed by atoms with Gasteiger partial charge < -0.3 is 9.47 Å². The molecule has 1 amide bonds. The van der Waals surface area contributed by atoms with E-state index in [0.29, 0.717) is 39.4 Å². The van der Waals surface area contributed by atoms with Gasteiger partial charge in [0, 0.05) is 23.3 Å². The molecule has 1 N–H and O–H groups in total. The Morgan fingerprint density at radius 3 is 2.69 bits per heavy atom. The average molecular weight is 452 g/mol. The molecule has 1 aliphatic heterocycles. The Morgan fingerprint density at radius 1 is 1.25 bits per heavy atom. The number of carbonyl (C=O) groups is 1. The minimum atomic E-state index is -0.692. The van der Waals surface area contributed by atoms with Gasteiger partial charge in [-0.3, -0.25) is 14.6 Å². The van der Waals surface area contributed by atoms with Crippen molar-refractivity contribution >= 4 is 23.4 Å². The van der Waals surface area contributed by atoms with Crippen molar-refractivity contribution in [1.29, 1.82) is 0 Å². The topological polar surface area (TPSA) is 88.4 Å². The second kappa shape index (κ2) is 8.88. The van der Waals surface area contributed by atoms with E-state index in [-0.39, 0.29) is 11.5 Å². The van der Waals surface area contributed by atoms with E-state index in [1.54, 1.807) is 42.0 Å². The van der Waals surface area contributed by atoms with Gasteiger partial charge in [0.05, 0.1) is 25.5 Å². The van der Waals surface area contributed by atoms with E-state index >= 15 is 0 Å². The summed E-state index contributed by atoms with van der Waals surface area (Å²) < 4.78 is 12.5. The maximum Gasteiger partial charge on any atom is 0.325 e. The maximum absolute atomic E-state index is 13.2. The predicted octanol–water partition coefficient (Wildman–Crippen LogP) is 2.93. The summed E-state index contributed by atoms with van der Waals surface area (Å²) in [6.07, 6.45) is 1.04. The molecule has 1 aromatic heterocycles. The molecule has 2 aromatic carbocycles. The average Bonchev–Trinajstić information content (AvgIpc) is 2.80. The Hall–Kier alpha value is -3.59. The number of carbonyl (C=O) groups excluding carboxylic acids is 1. The number of hydrogen-bond donors (Lipinski definition) is 1. The van der Waals surface area contributed by atoms with Gasteiger partial charge in [0.2, 0.25) is 11.1 Å². The maximum atomic E-state index is 13.2. The summed E-state index contributed by atoms with van der Waals surface area (Å²) in [7, 11) is 3.11. The highest BCUT2D eigenvalue weighted by atomic mass is 32.2. The molecule has 1 atom stereocenters. The molecule has 0 radical (unpaired) electrons. The zero-order valence-corrected chi connectivity index (χ0v) is 18.8.